The maximum absolute atomic E-state index is 9.96. The second-order valence-electron chi connectivity index (χ2n) is 1.28. The van der Waals surface area contributed by atoms with Crippen molar-refractivity contribution in [2.75, 3.05) is 0 Å². The molecule has 0 aromatic heterocycles. The van der Waals surface area contributed by atoms with E-state index in [9.17, 15) is 10.1 Å². The minimum Gasteiger partial charge on any atom is -0.262 e. The van der Waals surface area contributed by atoms with Crippen molar-refractivity contribution in [1.29, 1.82) is 0 Å². The first-order valence-electron chi connectivity index (χ1n) is 2.03. The molecule has 0 bridgehead atoms. The van der Waals surface area contributed by atoms with Gasteiger partial charge in [-0.2, -0.15) is 0 Å². The Hall–Kier alpha value is 0.360. The number of alkyl halides is 2. The highest BCUT2D eigenvalue weighted by atomic mass is 79.9. The standard InChI is InChI=1S/C3H5Br2NO2/c1-2-3(4,5)6(7)8/h2H2,1H3. The molecule has 0 unspecified atom stereocenters. The molecule has 0 saturated carbocycles. The van der Waals surface area contributed by atoms with Gasteiger partial charge in [-0.25, -0.2) is 0 Å². The number of hydrogen-bond acceptors (Lipinski definition) is 2. The van der Waals surface area contributed by atoms with Crippen molar-refractivity contribution in [2.24, 2.45) is 0 Å². The Labute approximate surface area is 63.9 Å². The molecule has 0 saturated heterocycles. The molecule has 0 radical (unpaired) electrons. The van der Waals surface area contributed by atoms with E-state index in [0.29, 0.717) is 6.42 Å². The molecule has 0 aliphatic heterocycles. The van der Waals surface area contributed by atoms with Gasteiger partial charge in [0.05, 0.1) is 0 Å². The van der Waals surface area contributed by atoms with E-state index in [0.717, 1.165) is 0 Å². The zero-order chi connectivity index (χ0) is 6.78. The van der Waals surface area contributed by atoms with Crippen LogP contribution in [-0.2, 0) is 0 Å². The van der Waals surface area contributed by atoms with E-state index in [1.54, 1.807) is 6.92 Å². The predicted octanol–water partition coefficient (Wildman–Crippen LogP) is 2.12. The van der Waals surface area contributed by atoms with E-state index in [1.807, 2.05) is 0 Å². The van der Waals surface area contributed by atoms with Crippen LogP contribution >= 0.6 is 31.9 Å². The Morgan fingerprint density at radius 2 is 2.12 bits per heavy atom. The van der Waals surface area contributed by atoms with Crippen molar-refractivity contribution in [3.63, 3.8) is 0 Å². The fourth-order valence-corrected chi connectivity index (χ4v) is 0.129. The molecular formula is C3H5Br2NO2. The van der Waals surface area contributed by atoms with Crippen LogP contribution < -0.4 is 0 Å². The summed E-state index contributed by atoms with van der Waals surface area (Å²) in [5.41, 5.74) is 0. The fraction of sp³-hybridized carbons (Fsp3) is 1.00. The molecule has 0 aliphatic carbocycles. The number of hydrogen-bond donors (Lipinski definition) is 0. The average Bonchev–Trinajstić information content (AvgIpc) is 1.67. The molecule has 0 heterocycles. The van der Waals surface area contributed by atoms with Crippen molar-refractivity contribution in [3.8, 4) is 0 Å². The zero-order valence-corrected chi connectivity index (χ0v) is 7.40. The van der Waals surface area contributed by atoms with Crippen LogP contribution in [0.2, 0.25) is 0 Å². The smallest absolute Gasteiger partial charge is 0.262 e. The molecule has 0 aromatic rings. The van der Waals surface area contributed by atoms with Crippen molar-refractivity contribution in [1.82, 2.24) is 0 Å². The average molecular weight is 247 g/mol. The first-order valence-corrected chi connectivity index (χ1v) is 3.61. The largest absolute Gasteiger partial charge is 0.326 e. The lowest BCUT2D eigenvalue weighted by Gasteiger charge is -2.05. The maximum atomic E-state index is 9.96. The Kier molecular flexibility index (Phi) is 2.90. The van der Waals surface area contributed by atoms with Crippen molar-refractivity contribution < 1.29 is 4.92 Å². The van der Waals surface area contributed by atoms with Crippen molar-refractivity contribution >= 4 is 31.9 Å². The summed E-state index contributed by atoms with van der Waals surface area (Å²) in [7, 11) is 0. The van der Waals surface area contributed by atoms with Crippen LogP contribution in [0.3, 0.4) is 0 Å². The van der Waals surface area contributed by atoms with Gasteiger partial charge in [0.2, 0.25) is 0 Å². The van der Waals surface area contributed by atoms with Gasteiger partial charge in [0.1, 0.15) is 0 Å². The molecule has 0 atom stereocenters. The fourth-order valence-electron chi connectivity index (χ4n) is 0.129. The summed E-state index contributed by atoms with van der Waals surface area (Å²) in [5, 5.41) is 9.96. The van der Waals surface area contributed by atoms with Gasteiger partial charge in [0.25, 0.3) is 0 Å². The monoisotopic (exact) mass is 245 g/mol. The number of halogens is 2. The molecule has 0 amide bonds. The van der Waals surface area contributed by atoms with Gasteiger partial charge in [-0.15, -0.1) is 0 Å². The van der Waals surface area contributed by atoms with Gasteiger partial charge in [-0.3, -0.25) is 10.1 Å². The zero-order valence-electron chi connectivity index (χ0n) is 4.23. The van der Waals surface area contributed by atoms with Gasteiger partial charge >= 0.3 is 3.36 Å². The van der Waals surface area contributed by atoms with Crippen molar-refractivity contribution in [2.45, 2.75) is 16.7 Å². The summed E-state index contributed by atoms with van der Waals surface area (Å²) >= 11 is 5.73. The number of nitrogens with zero attached hydrogens (tertiary/aromatic N) is 1. The van der Waals surface area contributed by atoms with Crippen LogP contribution in [0.25, 0.3) is 0 Å². The van der Waals surface area contributed by atoms with Gasteiger partial charge in [-0.05, 0) is 0 Å². The molecule has 48 valence electrons. The second-order valence-corrected chi connectivity index (χ2v) is 4.96. The predicted molar refractivity (Wildman–Crippen MR) is 37.9 cm³/mol. The lowest BCUT2D eigenvalue weighted by atomic mass is 10.5. The van der Waals surface area contributed by atoms with Gasteiger partial charge in [0.15, 0.2) is 0 Å². The number of rotatable bonds is 2. The lowest BCUT2D eigenvalue weighted by molar-refractivity contribution is -0.504. The molecule has 0 fully saturated rings. The highest BCUT2D eigenvalue weighted by Gasteiger charge is 2.32. The van der Waals surface area contributed by atoms with E-state index in [4.69, 9.17) is 0 Å². The molecule has 5 heteroatoms. The Morgan fingerprint density at radius 1 is 1.75 bits per heavy atom. The molecule has 0 aromatic carbocycles. The molecule has 0 spiro atoms. The van der Waals surface area contributed by atoms with E-state index in [2.05, 4.69) is 31.9 Å². The first-order chi connectivity index (χ1) is 3.50. The minimum atomic E-state index is -1.11. The highest BCUT2D eigenvalue weighted by Crippen LogP contribution is 2.29. The van der Waals surface area contributed by atoms with E-state index >= 15 is 0 Å². The summed E-state index contributed by atoms with van der Waals surface area (Å²) in [6, 6.07) is 0. The van der Waals surface area contributed by atoms with Crippen LogP contribution in [0.1, 0.15) is 13.3 Å². The molecule has 0 rings (SSSR count). The second kappa shape index (κ2) is 2.77. The third kappa shape index (κ3) is 2.09. The summed E-state index contributed by atoms with van der Waals surface area (Å²) in [5.74, 6) is 0. The maximum Gasteiger partial charge on any atom is 0.326 e. The highest BCUT2D eigenvalue weighted by molar-refractivity contribution is 9.25. The van der Waals surface area contributed by atoms with Crippen LogP contribution in [0.5, 0.6) is 0 Å². The van der Waals surface area contributed by atoms with Crippen LogP contribution in [0.15, 0.2) is 0 Å². The lowest BCUT2D eigenvalue weighted by Crippen LogP contribution is -2.21. The molecule has 0 aliphatic rings. The third-order valence-corrected chi connectivity index (χ3v) is 2.39. The Balaban J connectivity index is 3.91. The Morgan fingerprint density at radius 3 is 2.12 bits per heavy atom. The SMILES string of the molecule is CCC(Br)(Br)[N+](=O)[O-]. The molecule has 3 nitrogen and oxygen atoms in total. The van der Waals surface area contributed by atoms with Gasteiger partial charge in [0, 0.05) is 43.2 Å². The van der Waals surface area contributed by atoms with E-state index in [-0.39, 0.29) is 0 Å². The third-order valence-electron chi connectivity index (χ3n) is 0.692. The van der Waals surface area contributed by atoms with Crippen LogP contribution in [0, 0.1) is 10.1 Å². The van der Waals surface area contributed by atoms with Gasteiger partial charge in [-0.1, -0.05) is 6.92 Å². The topological polar surface area (TPSA) is 43.1 Å². The van der Waals surface area contributed by atoms with E-state index in [1.165, 1.54) is 0 Å². The van der Waals surface area contributed by atoms with Crippen LogP contribution in [0.4, 0.5) is 0 Å². The summed E-state index contributed by atoms with van der Waals surface area (Å²) in [4.78, 5) is 9.54. The summed E-state index contributed by atoms with van der Waals surface area (Å²) < 4.78 is -1.11. The quantitative estimate of drug-likeness (QED) is 0.324. The molecule has 0 N–H and O–H groups in total. The molecular weight excluding hydrogens is 242 g/mol. The van der Waals surface area contributed by atoms with Crippen LogP contribution in [-0.4, -0.2) is 8.28 Å². The summed E-state index contributed by atoms with van der Waals surface area (Å²) in [6.07, 6.45) is 0.417. The van der Waals surface area contributed by atoms with E-state index < -0.39 is 8.28 Å². The van der Waals surface area contributed by atoms with Crippen molar-refractivity contribution in [3.05, 3.63) is 10.1 Å². The number of nitro groups is 1. The molecule has 8 heavy (non-hydrogen) atoms. The summed E-state index contributed by atoms with van der Waals surface area (Å²) in [6.45, 7) is 1.71. The first kappa shape index (κ1) is 8.36. The normalized spacial score (nSPS) is 11.4. The van der Waals surface area contributed by atoms with Gasteiger partial charge < -0.3 is 0 Å². The minimum absolute atomic E-state index is 0.417. The Bertz CT molecular complexity index is 103.